The zero-order valence-electron chi connectivity index (χ0n) is 10.2. The summed E-state index contributed by atoms with van der Waals surface area (Å²) in [6.45, 7) is 0. The minimum Gasteiger partial charge on any atom is -0.127 e. The molecule has 0 aromatic carbocycles. The standard InChI is InChI=1S/C13H25Cl3/c14-12-10-8-6-4-2-1-3-5-7-9-11-13(15)16/h13H,1-12H2. The van der Waals surface area contributed by atoms with Crippen LogP contribution in [0.4, 0.5) is 0 Å². The summed E-state index contributed by atoms with van der Waals surface area (Å²) in [5.41, 5.74) is 0. The summed E-state index contributed by atoms with van der Waals surface area (Å²) in [5.74, 6) is 0.822. The second-order valence-corrected chi connectivity index (χ2v) is 6.06. The lowest BCUT2D eigenvalue weighted by Crippen LogP contribution is -1.87. The molecule has 98 valence electrons. The molecule has 0 heterocycles. The van der Waals surface area contributed by atoms with Gasteiger partial charge in [0.2, 0.25) is 0 Å². The summed E-state index contributed by atoms with van der Waals surface area (Å²) < 4.78 is 0. The molecule has 0 saturated carbocycles. The van der Waals surface area contributed by atoms with Crippen molar-refractivity contribution in [1.82, 2.24) is 0 Å². The van der Waals surface area contributed by atoms with Gasteiger partial charge in [0.25, 0.3) is 0 Å². The summed E-state index contributed by atoms with van der Waals surface area (Å²) >= 11 is 16.9. The highest BCUT2D eigenvalue weighted by molar-refractivity contribution is 6.44. The van der Waals surface area contributed by atoms with Crippen molar-refractivity contribution in [3.05, 3.63) is 0 Å². The first-order chi connectivity index (χ1) is 7.77. The van der Waals surface area contributed by atoms with Crippen molar-refractivity contribution >= 4 is 34.8 Å². The van der Waals surface area contributed by atoms with Crippen LogP contribution in [-0.4, -0.2) is 10.7 Å². The minimum absolute atomic E-state index is 0.165. The molecule has 0 aliphatic heterocycles. The van der Waals surface area contributed by atoms with Crippen LogP contribution >= 0.6 is 34.8 Å². The normalized spacial score (nSPS) is 11.2. The van der Waals surface area contributed by atoms with Gasteiger partial charge < -0.3 is 0 Å². The molecule has 0 aromatic heterocycles. The smallest absolute Gasteiger partial charge is 0.107 e. The fourth-order valence-corrected chi connectivity index (χ4v) is 2.30. The number of rotatable bonds is 12. The van der Waals surface area contributed by atoms with E-state index in [1.165, 1.54) is 64.2 Å². The van der Waals surface area contributed by atoms with Crippen LogP contribution in [0.15, 0.2) is 0 Å². The molecule has 0 amide bonds. The van der Waals surface area contributed by atoms with Crippen LogP contribution in [0.2, 0.25) is 0 Å². The number of unbranched alkanes of at least 4 members (excludes halogenated alkanes) is 9. The Morgan fingerprint density at radius 3 is 1.31 bits per heavy atom. The lowest BCUT2D eigenvalue weighted by Gasteiger charge is -2.02. The third-order valence-electron chi connectivity index (χ3n) is 2.81. The van der Waals surface area contributed by atoms with Gasteiger partial charge in [0.05, 0.1) is 0 Å². The average Bonchev–Trinajstić information content (AvgIpc) is 2.25. The predicted octanol–water partition coefficient (Wildman–Crippen LogP) is 6.32. The van der Waals surface area contributed by atoms with Crippen molar-refractivity contribution in [3.63, 3.8) is 0 Å². The molecule has 0 saturated heterocycles. The van der Waals surface area contributed by atoms with E-state index >= 15 is 0 Å². The van der Waals surface area contributed by atoms with E-state index in [1.807, 2.05) is 0 Å². The van der Waals surface area contributed by atoms with Crippen molar-refractivity contribution in [2.45, 2.75) is 75.5 Å². The summed E-state index contributed by atoms with van der Waals surface area (Å²) in [7, 11) is 0. The molecule has 0 aromatic rings. The third-order valence-corrected chi connectivity index (χ3v) is 3.51. The molecular formula is C13H25Cl3. The Morgan fingerprint density at radius 1 is 0.562 bits per heavy atom. The van der Waals surface area contributed by atoms with Gasteiger partial charge in [0, 0.05) is 5.88 Å². The van der Waals surface area contributed by atoms with Crippen LogP contribution in [0, 0.1) is 0 Å². The number of hydrogen-bond donors (Lipinski definition) is 0. The SMILES string of the molecule is ClCCCCCCCCCCCCC(Cl)Cl. The van der Waals surface area contributed by atoms with Gasteiger partial charge in [0.15, 0.2) is 0 Å². The second-order valence-electron chi connectivity index (χ2n) is 4.40. The fourth-order valence-electron chi connectivity index (χ4n) is 1.81. The lowest BCUT2D eigenvalue weighted by atomic mass is 10.1. The Hall–Kier alpha value is 0.870. The highest BCUT2D eigenvalue weighted by Gasteiger charge is 1.97. The molecule has 0 bridgehead atoms. The minimum atomic E-state index is -0.165. The van der Waals surface area contributed by atoms with E-state index in [4.69, 9.17) is 34.8 Å². The van der Waals surface area contributed by atoms with E-state index < -0.39 is 0 Å². The van der Waals surface area contributed by atoms with Crippen LogP contribution in [0.3, 0.4) is 0 Å². The van der Waals surface area contributed by atoms with Gasteiger partial charge in [-0.1, -0.05) is 57.8 Å². The third kappa shape index (κ3) is 14.9. The largest absolute Gasteiger partial charge is 0.127 e. The maximum Gasteiger partial charge on any atom is 0.107 e. The number of halogens is 3. The summed E-state index contributed by atoms with van der Waals surface area (Å²) in [4.78, 5) is -0.165. The lowest BCUT2D eigenvalue weighted by molar-refractivity contribution is 0.553. The van der Waals surface area contributed by atoms with E-state index in [0.29, 0.717) is 0 Å². The van der Waals surface area contributed by atoms with E-state index in [0.717, 1.165) is 12.3 Å². The van der Waals surface area contributed by atoms with E-state index in [9.17, 15) is 0 Å². The summed E-state index contributed by atoms with van der Waals surface area (Å²) in [6, 6.07) is 0. The van der Waals surface area contributed by atoms with E-state index in [-0.39, 0.29) is 4.84 Å². The maximum atomic E-state index is 5.66. The first-order valence-electron chi connectivity index (χ1n) is 6.61. The van der Waals surface area contributed by atoms with Crippen molar-refractivity contribution in [2.24, 2.45) is 0 Å². The molecular weight excluding hydrogens is 263 g/mol. The summed E-state index contributed by atoms with van der Waals surface area (Å²) in [5, 5.41) is 0. The topological polar surface area (TPSA) is 0 Å². The molecule has 0 aliphatic rings. The molecule has 0 radical (unpaired) electrons. The Morgan fingerprint density at radius 2 is 0.938 bits per heavy atom. The predicted molar refractivity (Wildman–Crippen MR) is 77.0 cm³/mol. The fraction of sp³-hybridized carbons (Fsp3) is 1.00. The van der Waals surface area contributed by atoms with Crippen molar-refractivity contribution in [2.75, 3.05) is 5.88 Å². The van der Waals surface area contributed by atoms with E-state index in [1.54, 1.807) is 0 Å². The molecule has 0 aliphatic carbocycles. The van der Waals surface area contributed by atoms with Crippen LogP contribution in [0.5, 0.6) is 0 Å². The molecule has 0 rings (SSSR count). The average molecular weight is 288 g/mol. The summed E-state index contributed by atoms with van der Waals surface area (Å²) in [6.07, 6.45) is 14.1. The first-order valence-corrected chi connectivity index (χ1v) is 8.02. The molecule has 0 N–H and O–H groups in total. The van der Waals surface area contributed by atoms with Gasteiger partial charge in [-0.05, 0) is 12.8 Å². The van der Waals surface area contributed by atoms with Gasteiger partial charge in [0.1, 0.15) is 4.84 Å². The Balaban J connectivity index is 2.88. The molecule has 0 nitrogen and oxygen atoms in total. The van der Waals surface area contributed by atoms with Gasteiger partial charge in [-0.25, -0.2) is 0 Å². The van der Waals surface area contributed by atoms with Gasteiger partial charge in [-0.2, -0.15) is 0 Å². The molecule has 0 unspecified atom stereocenters. The Bertz CT molecular complexity index is 126. The molecule has 0 atom stereocenters. The number of alkyl halides is 3. The molecule has 0 spiro atoms. The van der Waals surface area contributed by atoms with Crippen LogP contribution in [-0.2, 0) is 0 Å². The zero-order chi connectivity index (χ0) is 12.1. The molecule has 0 fully saturated rings. The quantitative estimate of drug-likeness (QED) is 0.291. The number of hydrogen-bond acceptors (Lipinski definition) is 0. The van der Waals surface area contributed by atoms with Crippen molar-refractivity contribution in [3.8, 4) is 0 Å². The highest BCUT2D eigenvalue weighted by Crippen LogP contribution is 2.15. The molecule has 3 heteroatoms. The first kappa shape index (κ1) is 16.9. The van der Waals surface area contributed by atoms with Gasteiger partial charge >= 0.3 is 0 Å². The van der Waals surface area contributed by atoms with Crippen LogP contribution < -0.4 is 0 Å². The van der Waals surface area contributed by atoms with Gasteiger partial charge in [-0.15, -0.1) is 34.8 Å². The maximum absolute atomic E-state index is 5.66. The molecule has 16 heavy (non-hydrogen) atoms. The van der Waals surface area contributed by atoms with Crippen molar-refractivity contribution in [1.29, 1.82) is 0 Å². The van der Waals surface area contributed by atoms with Gasteiger partial charge in [-0.3, -0.25) is 0 Å². The highest BCUT2D eigenvalue weighted by atomic mass is 35.5. The second kappa shape index (κ2) is 13.9. The zero-order valence-corrected chi connectivity index (χ0v) is 12.5. The Labute approximate surface area is 116 Å². The van der Waals surface area contributed by atoms with Crippen LogP contribution in [0.25, 0.3) is 0 Å². The monoisotopic (exact) mass is 286 g/mol. The van der Waals surface area contributed by atoms with Crippen LogP contribution in [0.1, 0.15) is 70.6 Å². The van der Waals surface area contributed by atoms with E-state index in [2.05, 4.69) is 0 Å². The Kier molecular flexibility index (Phi) is 14.7. The van der Waals surface area contributed by atoms with Crippen molar-refractivity contribution < 1.29 is 0 Å².